The van der Waals surface area contributed by atoms with E-state index < -0.39 is 0 Å². The van der Waals surface area contributed by atoms with Gasteiger partial charge in [-0.15, -0.1) is 11.3 Å². The number of amidine groups is 2. The average Bonchev–Trinajstić information content (AvgIpc) is 3.66. The molecule has 1 unspecified atom stereocenters. The first kappa shape index (κ1) is 25.0. The first-order valence-corrected chi connectivity index (χ1v) is 15.5. The van der Waals surface area contributed by atoms with Gasteiger partial charge in [-0.05, 0) is 47.0 Å². The summed E-state index contributed by atoms with van der Waals surface area (Å²) in [7, 11) is 0. The molecule has 0 bridgehead atoms. The van der Waals surface area contributed by atoms with Crippen LogP contribution in [0.15, 0.2) is 154 Å². The van der Waals surface area contributed by atoms with E-state index in [1.807, 2.05) is 47.7 Å². The van der Waals surface area contributed by atoms with Gasteiger partial charge in [0.15, 0.2) is 5.84 Å². The topological polar surface area (TPSA) is 49.9 Å². The lowest BCUT2D eigenvalue weighted by atomic mass is 10.0. The Kier molecular flexibility index (Phi) is 5.71. The largest absolute Gasteiger partial charge is 0.456 e. The van der Waals surface area contributed by atoms with Crippen LogP contribution in [0.5, 0.6) is 0 Å². The fourth-order valence-electron chi connectivity index (χ4n) is 6.19. The Morgan fingerprint density at radius 1 is 0.568 bits per heavy atom. The van der Waals surface area contributed by atoms with Crippen molar-refractivity contribution in [1.29, 1.82) is 0 Å². The Labute approximate surface area is 257 Å². The molecule has 9 rings (SSSR count). The van der Waals surface area contributed by atoms with Gasteiger partial charge in [-0.25, -0.2) is 9.98 Å². The van der Waals surface area contributed by atoms with Crippen LogP contribution in [-0.2, 0) is 0 Å². The molecule has 0 amide bonds. The van der Waals surface area contributed by atoms with Gasteiger partial charge in [-0.2, -0.15) is 0 Å². The zero-order chi connectivity index (χ0) is 29.0. The average molecular weight is 584 g/mol. The molecule has 4 nitrogen and oxygen atoms in total. The molecule has 2 aromatic heterocycles. The maximum atomic E-state index is 6.52. The number of benzene rings is 6. The Morgan fingerprint density at radius 3 is 2.07 bits per heavy atom. The molecule has 8 aromatic rings. The fourth-order valence-corrected chi connectivity index (χ4v) is 7.42. The Hall–Kier alpha value is -5.52. The summed E-state index contributed by atoms with van der Waals surface area (Å²) in [6.07, 6.45) is -0.246. The maximum absolute atomic E-state index is 6.52. The smallest absolute Gasteiger partial charge is 0.159 e. The number of aliphatic imine (C=N–C) groups is 2. The van der Waals surface area contributed by atoms with E-state index in [0.717, 1.165) is 50.0 Å². The van der Waals surface area contributed by atoms with Crippen LogP contribution < -0.4 is 5.32 Å². The summed E-state index contributed by atoms with van der Waals surface area (Å²) in [5, 5.41) is 8.31. The number of nitrogens with one attached hydrogen (secondary N) is 1. The Balaban J connectivity index is 1.15. The van der Waals surface area contributed by atoms with Crippen LogP contribution in [0.3, 0.4) is 0 Å². The van der Waals surface area contributed by atoms with Crippen LogP contribution in [0, 0.1) is 0 Å². The van der Waals surface area contributed by atoms with Gasteiger partial charge in [-0.1, -0.05) is 109 Å². The third-order valence-electron chi connectivity index (χ3n) is 8.35. The normalized spacial score (nSPS) is 15.0. The zero-order valence-electron chi connectivity index (χ0n) is 23.6. The Morgan fingerprint density at radius 2 is 1.25 bits per heavy atom. The maximum Gasteiger partial charge on any atom is 0.159 e. The summed E-state index contributed by atoms with van der Waals surface area (Å²) < 4.78 is 9.13. The van der Waals surface area contributed by atoms with Crippen molar-refractivity contribution in [3.63, 3.8) is 0 Å². The lowest BCUT2D eigenvalue weighted by Crippen LogP contribution is -2.33. The summed E-state index contributed by atoms with van der Waals surface area (Å²) in [5.74, 6) is 1.48. The molecular weight excluding hydrogens is 559 g/mol. The molecule has 0 saturated carbocycles. The third-order valence-corrected chi connectivity index (χ3v) is 9.57. The highest BCUT2D eigenvalue weighted by Crippen LogP contribution is 2.41. The van der Waals surface area contributed by atoms with E-state index in [1.54, 1.807) is 0 Å². The van der Waals surface area contributed by atoms with Gasteiger partial charge < -0.3 is 9.73 Å². The summed E-state index contributed by atoms with van der Waals surface area (Å²) in [4.78, 5) is 10.0. The van der Waals surface area contributed by atoms with Gasteiger partial charge in [0.2, 0.25) is 0 Å². The lowest BCUT2D eigenvalue weighted by molar-refractivity contribution is 0.667. The molecule has 3 heterocycles. The monoisotopic (exact) mass is 583 g/mol. The third kappa shape index (κ3) is 4.13. The molecule has 0 aliphatic carbocycles. The van der Waals surface area contributed by atoms with Crippen molar-refractivity contribution in [3.8, 4) is 11.1 Å². The van der Waals surface area contributed by atoms with Gasteiger partial charge in [-0.3, -0.25) is 0 Å². The summed E-state index contributed by atoms with van der Waals surface area (Å²) in [5.41, 5.74) is 7.10. The van der Waals surface area contributed by atoms with Crippen LogP contribution in [0.25, 0.3) is 53.2 Å². The molecule has 0 fully saturated rings. The van der Waals surface area contributed by atoms with E-state index in [-0.39, 0.29) is 6.17 Å². The standard InChI is InChI=1S/C39H25N3OS/c1-3-10-24(11-4-1)37-40-38(25-12-5-2-6-13-25)42-39(41-37)27-19-21-30-29-20-18-26(22-33(29)43-34(30)23-27)28-15-9-16-32-31-14-7-8-17-35(31)44-36(28)32/h1-23,37H,(H,40,41,42). The zero-order valence-corrected chi connectivity index (χ0v) is 24.4. The highest BCUT2D eigenvalue weighted by Gasteiger charge is 2.21. The summed E-state index contributed by atoms with van der Waals surface area (Å²) >= 11 is 1.85. The van der Waals surface area contributed by atoms with Gasteiger partial charge in [0.05, 0.1) is 0 Å². The van der Waals surface area contributed by atoms with Crippen molar-refractivity contribution < 1.29 is 4.42 Å². The minimum Gasteiger partial charge on any atom is -0.456 e. The molecular formula is C39H25N3OS. The molecule has 208 valence electrons. The molecule has 1 N–H and O–H groups in total. The number of hydrogen-bond donors (Lipinski definition) is 1. The van der Waals surface area contributed by atoms with Gasteiger partial charge >= 0.3 is 0 Å². The predicted molar refractivity (Wildman–Crippen MR) is 184 cm³/mol. The molecule has 0 spiro atoms. The minimum absolute atomic E-state index is 0.246. The van der Waals surface area contributed by atoms with Crippen LogP contribution >= 0.6 is 11.3 Å². The minimum atomic E-state index is -0.246. The van der Waals surface area contributed by atoms with E-state index in [1.165, 1.54) is 25.7 Å². The van der Waals surface area contributed by atoms with Gasteiger partial charge in [0.1, 0.15) is 23.2 Å². The number of furan rings is 1. The van der Waals surface area contributed by atoms with Crippen molar-refractivity contribution in [1.82, 2.24) is 5.32 Å². The second-order valence-electron chi connectivity index (χ2n) is 11.0. The van der Waals surface area contributed by atoms with E-state index in [4.69, 9.17) is 14.4 Å². The first-order valence-electron chi connectivity index (χ1n) is 14.7. The Bertz CT molecular complexity index is 2420. The summed E-state index contributed by atoms with van der Waals surface area (Å²) in [6, 6.07) is 48.5. The molecule has 44 heavy (non-hydrogen) atoms. The van der Waals surface area contributed by atoms with Crippen molar-refractivity contribution in [2.24, 2.45) is 9.98 Å². The number of thiophene rings is 1. The molecule has 0 saturated heterocycles. The van der Waals surface area contributed by atoms with Crippen molar-refractivity contribution in [2.45, 2.75) is 6.17 Å². The quantitative estimate of drug-likeness (QED) is 0.224. The van der Waals surface area contributed by atoms with E-state index in [9.17, 15) is 0 Å². The number of fused-ring (bicyclic) bond motifs is 6. The van der Waals surface area contributed by atoms with Gasteiger partial charge in [0, 0.05) is 42.1 Å². The van der Waals surface area contributed by atoms with Gasteiger partial charge in [0.25, 0.3) is 0 Å². The van der Waals surface area contributed by atoms with Crippen LogP contribution in [-0.4, -0.2) is 11.7 Å². The summed E-state index contributed by atoms with van der Waals surface area (Å²) in [6.45, 7) is 0. The second kappa shape index (κ2) is 10.0. The second-order valence-corrected chi connectivity index (χ2v) is 12.1. The molecule has 1 aliphatic heterocycles. The predicted octanol–water partition coefficient (Wildman–Crippen LogP) is 10.1. The number of nitrogens with zero attached hydrogens (tertiary/aromatic N) is 2. The van der Waals surface area contributed by atoms with Crippen LogP contribution in [0.4, 0.5) is 0 Å². The van der Waals surface area contributed by atoms with Crippen LogP contribution in [0.2, 0.25) is 0 Å². The first-order chi connectivity index (χ1) is 21.8. The molecule has 1 atom stereocenters. The fraction of sp³-hybridized carbons (Fsp3) is 0.0256. The van der Waals surface area contributed by atoms with E-state index in [2.05, 4.69) is 108 Å². The lowest BCUT2D eigenvalue weighted by Gasteiger charge is -2.23. The van der Waals surface area contributed by atoms with Crippen LogP contribution in [0.1, 0.15) is 22.9 Å². The van der Waals surface area contributed by atoms with Crippen molar-refractivity contribution in [2.75, 3.05) is 0 Å². The number of rotatable bonds is 4. The molecule has 5 heteroatoms. The highest BCUT2D eigenvalue weighted by atomic mass is 32.1. The van der Waals surface area contributed by atoms with Crippen molar-refractivity contribution in [3.05, 3.63) is 156 Å². The van der Waals surface area contributed by atoms with E-state index in [0.29, 0.717) is 5.84 Å². The molecule has 0 radical (unpaired) electrons. The van der Waals surface area contributed by atoms with E-state index >= 15 is 0 Å². The molecule has 1 aliphatic rings. The molecule has 6 aromatic carbocycles. The number of hydrogen-bond acceptors (Lipinski definition) is 5. The highest BCUT2D eigenvalue weighted by molar-refractivity contribution is 7.26. The van der Waals surface area contributed by atoms with Crippen molar-refractivity contribution >= 4 is 65.1 Å². The SMILES string of the molecule is c1ccc(C2=NC(c3ccc4c(c3)oc3cc(-c5cccc6c5sc5ccccc56)ccc34)=NC(c3ccccc3)N2)cc1.